The summed E-state index contributed by atoms with van der Waals surface area (Å²) in [6.45, 7) is 2.31. The van der Waals surface area contributed by atoms with Crippen molar-refractivity contribution in [1.29, 1.82) is 0 Å². The van der Waals surface area contributed by atoms with Crippen LogP contribution in [0.5, 0.6) is 0 Å². The fourth-order valence-electron chi connectivity index (χ4n) is 3.86. The molecule has 0 aliphatic carbocycles. The van der Waals surface area contributed by atoms with Crippen molar-refractivity contribution in [3.05, 3.63) is 70.9 Å². The summed E-state index contributed by atoms with van der Waals surface area (Å²) in [5.74, 6) is 0.163. The number of hydrogen-bond donors (Lipinski definition) is 1. The maximum absolute atomic E-state index is 12.6. The number of rotatable bonds is 5. The number of hydrogen-bond acceptors (Lipinski definition) is 2. The highest BCUT2D eigenvalue weighted by Gasteiger charge is 2.24. The second-order valence-corrected chi connectivity index (χ2v) is 7.83. The molecule has 0 saturated carbocycles. The van der Waals surface area contributed by atoms with Crippen LogP contribution in [0.25, 0.3) is 10.9 Å². The second-order valence-electron chi connectivity index (χ2n) is 7.39. The maximum atomic E-state index is 12.6. The fourth-order valence-corrected chi connectivity index (χ4v) is 3.99. The van der Waals surface area contributed by atoms with E-state index in [-0.39, 0.29) is 11.8 Å². The molecule has 0 bridgehead atoms. The van der Waals surface area contributed by atoms with E-state index in [1.807, 2.05) is 23.2 Å². The number of benzene rings is 2. The summed E-state index contributed by atoms with van der Waals surface area (Å²) in [6.07, 6.45) is 4.27. The van der Waals surface area contributed by atoms with Gasteiger partial charge >= 0.3 is 0 Å². The van der Waals surface area contributed by atoms with E-state index in [2.05, 4.69) is 17.1 Å². The number of fused-ring (bicyclic) bond motifs is 1. The SMILES string of the molecule is O=C(CCCc1c[nH]c2ccccc12)N1CCN(C(=O)c2ccc(Cl)cc2)CC1. The summed E-state index contributed by atoms with van der Waals surface area (Å²) in [6, 6.07) is 15.2. The second kappa shape index (κ2) is 8.70. The molecule has 1 aromatic heterocycles. The predicted molar refractivity (Wildman–Crippen MR) is 115 cm³/mol. The molecule has 6 heteroatoms. The molecule has 1 N–H and O–H groups in total. The van der Waals surface area contributed by atoms with E-state index < -0.39 is 0 Å². The first kappa shape index (κ1) is 19.5. The summed E-state index contributed by atoms with van der Waals surface area (Å²) in [5.41, 5.74) is 3.02. The van der Waals surface area contributed by atoms with Crippen LogP contribution >= 0.6 is 11.6 Å². The molecule has 1 saturated heterocycles. The third-order valence-electron chi connectivity index (χ3n) is 5.52. The number of aryl methyl sites for hydroxylation is 1. The number of halogens is 1. The third kappa shape index (κ3) is 4.46. The van der Waals surface area contributed by atoms with Crippen LogP contribution in [0.3, 0.4) is 0 Å². The predicted octanol–water partition coefficient (Wildman–Crippen LogP) is 4.13. The number of carbonyl (C=O) groups is 2. The lowest BCUT2D eigenvalue weighted by Gasteiger charge is -2.35. The lowest BCUT2D eigenvalue weighted by atomic mass is 10.1. The Balaban J connectivity index is 1.24. The molecule has 0 unspecified atom stereocenters. The Morgan fingerprint density at radius 3 is 2.38 bits per heavy atom. The van der Waals surface area contributed by atoms with E-state index in [4.69, 9.17) is 11.6 Å². The Kier molecular flexibility index (Phi) is 5.86. The largest absolute Gasteiger partial charge is 0.361 e. The highest BCUT2D eigenvalue weighted by atomic mass is 35.5. The monoisotopic (exact) mass is 409 g/mol. The number of aromatic nitrogens is 1. The van der Waals surface area contributed by atoms with Crippen LogP contribution in [0.15, 0.2) is 54.7 Å². The Labute approximate surface area is 175 Å². The van der Waals surface area contributed by atoms with Gasteiger partial charge in [0, 0.05) is 60.3 Å². The van der Waals surface area contributed by atoms with E-state index in [9.17, 15) is 9.59 Å². The van der Waals surface area contributed by atoms with Crippen LogP contribution in [-0.2, 0) is 11.2 Å². The van der Waals surface area contributed by atoms with Gasteiger partial charge in [-0.25, -0.2) is 0 Å². The molecule has 5 nitrogen and oxygen atoms in total. The van der Waals surface area contributed by atoms with Crippen molar-refractivity contribution in [1.82, 2.24) is 14.8 Å². The standard InChI is InChI=1S/C23H24ClN3O2/c24-19-10-8-17(9-11-19)23(29)27-14-12-26(13-15-27)22(28)7-3-4-18-16-25-21-6-2-1-5-20(18)21/h1-2,5-6,8-11,16,25H,3-4,7,12-15H2. The first-order chi connectivity index (χ1) is 14.1. The van der Waals surface area contributed by atoms with E-state index in [1.165, 1.54) is 10.9 Å². The summed E-state index contributed by atoms with van der Waals surface area (Å²) in [5, 5.41) is 1.85. The summed E-state index contributed by atoms with van der Waals surface area (Å²) in [4.78, 5) is 32.1. The zero-order chi connectivity index (χ0) is 20.2. The molecule has 29 heavy (non-hydrogen) atoms. The van der Waals surface area contributed by atoms with Gasteiger partial charge in [0.2, 0.25) is 5.91 Å². The van der Waals surface area contributed by atoms with Crippen molar-refractivity contribution < 1.29 is 9.59 Å². The normalized spacial score (nSPS) is 14.4. The number of H-pyrrole nitrogens is 1. The van der Waals surface area contributed by atoms with Crippen LogP contribution in [0, 0.1) is 0 Å². The molecule has 2 heterocycles. The number of piperazine rings is 1. The van der Waals surface area contributed by atoms with Gasteiger partial charge in [0.05, 0.1) is 0 Å². The van der Waals surface area contributed by atoms with Gasteiger partial charge in [-0.2, -0.15) is 0 Å². The van der Waals surface area contributed by atoms with E-state index in [1.54, 1.807) is 29.2 Å². The minimum absolute atomic E-state index is 0.00639. The summed E-state index contributed by atoms with van der Waals surface area (Å²) < 4.78 is 0. The fraction of sp³-hybridized carbons (Fsp3) is 0.304. The zero-order valence-electron chi connectivity index (χ0n) is 16.2. The average Bonchev–Trinajstić information content (AvgIpc) is 3.17. The van der Waals surface area contributed by atoms with Gasteiger partial charge in [0.25, 0.3) is 5.91 Å². The number of nitrogens with zero attached hydrogens (tertiary/aromatic N) is 2. The number of para-hydroxylation sites is 1. The van der Waals surface area contributed by atoms with Crippen molar-refractivity contribution in [3.8, 4) is 0 Å². The first-order valence-electron chi connectivity index (χ1n) is 9.99. The molecule has 1 aliphatic rings. The van der Waals surface area contributed by atoms with Gasteiger partial charge < -0.3 is 14.8 Å². The molecule has 1 fully saturated rings. The van der Waals surface area contributed by atoms with Crippen LogP contribution in [0.2, 0.25) is 5.02 Å². The topological polar surface area (TPSA) is 56.4 Å². The highest BCUT2D eigenvalue weighted by Crippen LogP contribution is 2.20. The van der Waals surface area contributed by atoms with E-state index in [0.29, 0.717) is 43.2 Å². The minimum atomic E-state index is -0.00639. The molecule has 0 radical (unpaired) electrons. The molecule has 0 spiro atoms. The number of carbonyl (C=O) groups excluding carboxylic acids is 2. The van der Waals surface area contributed by atoms with Gasteiger partial charge in [-0.15, -0.1) is 0 Å². The van der Waals surface area contributed by atoms with Crippen LogP contribution in [-0.4, -0.2) is 52.8 Å². The van der Waals surface area contributed by atoms with Crippen molar-refractivity contribution in [2.24, 2.45) is 0 Å². The summed E-state index contributed by atoms with van der Waals surface area (Å²) >= 11 is 5.89. The smallest absolute Gasteiger partial charge is 0.253 e. The molecule has 0 atom stereocenters. The molecule has 4 rings (SSSR count). The minimum Gasteiger partial charge on any atom is -0.361 e. The number of aromatic amines is 1. The van der Waals surface area contributed by atoms with Crippen molar-refractivity contribution >= 4 is 34.3 Å². The Morgan fingerprint density at radius 1 is 0.931 bits per heavy atom. The summed E-state index contributed by atoms with van der Waals surface area (Å²) in [7, 11) is 0. The van der Waals surface area contributed by atoms with Crippen LogP contribution in [0.1, 0.15) is 28.8 Å². The van der Waals surface area contributed by atoms with Gasteiger partial charge in [0.15, 0.2) is 0 Å². The molecule has 150 valence electrons. The van der Waals surface area contributed by atoms with Crippen molar-refractivity contribution in [2.75, 3.05) is 26.2 Å². The van der Waals surface area contributed by atoms with Crippen LogP contribution < -0.4 is 0 Å². The average molecular weight is 410 g/mol. The van der Waals surface area contributed by atoms with Gasteiger partial charge in [-0.1, -0.05) is 29.8 Å². The Morgan fingerprint density at radius 2 is 1.62 bits per heavy atom. The van der Waals surface area contributed by atoms with Gasteiger partial charge in [-0.3, -0.25) is 9.59 Å². The van der Waals surface area contributed by atoms with E-state index >= 15 is 0 Å². The first-order valence-corrected chi connectivity index (χ1v) is 10.4. The Hall–Kier alpha value is -2.79. The molecule has 2 aromatic carbocycles. The Bertz CT molecular complexity index is 1000. The quantitative estimate of drug-likeness (QED) is 0.688. The molecule has 2 amide bonds. The molecule has 1 aliphatic heterocycles. The van der Waals surface area contributed by atoms with Crippen molar-refractivity contribution in [2.45, 2.75) is 19.3 Å². The third-order valence-corrected chi connectivity index (χ3v) is 5.77. The van der Waals surface area contributed by atoms with Crippen LogP contribution in [0.4, 0.5) is 0 Å². The number of nitrogens with one attached hydrogen (secondary N) is 1. The number of amides is 2. The van der Waals surface area contributed by atoms with Gasteiger partial charge in [0.1, 0.15) is 0 Å². The van der Waals surface area contributed by atoms with Crippen molar-refractivity contribution in [3.63, 3.8) is 0 Å². The lowest BCUT2D eigenvalue weighted by molar-refractivity contribution is -0.132. The van der Waals surface area contributed by atoms with Gasteiger partial charge in [-0.05, 0) is 48.7 Å². The van der Waals surface area contributed by atoms with E-state index in [0.717, 1.165) is 18.4 Å². The highest BCUT2D eigenvalue weighted by molar-refractivity contribution is 6.30. The molecular weight excluding hydrogens is 386 g/mol. The maximum Gasteiger partial charge on any atom is 0.253 e. The lowest BCUT2D eigenvalue weighted by Crippen LogP contribution is -2.50. The molecular formula is C23H24ClN3O2. The molecule has 3 aromatic rings. The zero-order valence-corrected chi connectivity index (χ0v) is 17.0.